The van der Waals surface area contributed by atoms with Gasteiger partial charge in [-0.3, -0.25) is 4.79 Å². The van der Waals surface area contributed by atoms with Crippen LogP contribution in [0, 0.1) is 0 Å². The van der Waals surface area contributed by atoms with Gasteiger partial charge in [-0.1, -0.05) is 13.3 Å². The van der Waals surface area contributed by atoms with Gasteiger partial charge in [0, 0.05) is 18.5 Å². The fourth-order valence-electron chi connectivity index (χ4n) is 2.84. The maximum Gasteiger partial charge on any atom is 0.162 e. The molecule has 1 N–H and O–H groups in total. The first-order valence-corrected chi connectivity index (χ1v) is 8.38. The molecule has 1 aliphatic rings. The maximum absolute atomic E-state index is 11.7. The summed E-state index contributed by atoms with van der Waals surface area (Å²) < 4.78 is 11.0. The number of rotatable bonds is 8. The van der Waals surface area contributed by atoms with Crippen molar-refractivity contribution >= 4 is 5.78 Å². The molecule has 1 atom stereocenters. The summed E-state index contributed by atoms with van der Waals surface area (Å²) >= 11 is 0. The van der Waals surface area contributed by atoms with Crippen LogP contribution in [0.25, 0.3) is 0 Å². The number of Topliss-reactive ketones (excluding diaryl/α,β-unsaturated/α-hetero) is 1. The molecule has 128 valence electrons. The quantitative estimate of drug-likeness (QED) is 0.746. The van der Waals surface area contributed by atoms with E-state index < -0.39 is 6.10 Å². The van der Waals surface area contributed by atoms with E-state index in [0.29, 0.717) is 30.0 Å². The number of nitrogens with zero attached hydrogens (tertiary/aromatic N) is 1. The number of ether oxygens (including phenoxy) is 2. The molecule has 1 aromatic carbocycles. The number of carbonyl (C=O) groups is 1. The van der Waals surface area contributed by atoms with Gasteiger partial charge in [0.25, 0.3) is 0 Å². The Bertz CT molecular complexity index is 512. The number of carbonyl (C=O) groups excluding carboxylic acids is 1. The number of benzene rings is 1. The van der Waals surface area contributed by atoms with Gasteiger partial charge < -0.3 is 19.5 Å². The third-order valence-electron chi connectivity index (χ3n) is 4.16. The summed E-state index contributed by atoms with van der Waals surface area (Å²) in [5, 5.41) is 10.1. The summed E-state index contributed by atoms with van der Waals surface area (Å²) in [5.74, 6) is 1.15. The number of piperidine rings is 1. The highest BCUT2D eigenvalue weighted by Crippen LogP contribution is 2.28. The monoisotopic (exact) mass is 321 g/mol. The molecule has 1 aliphatic heterocycles. The molecule has 0 aromatic heterocycles. The van der Waals surface area contributed by atoms with E-state index in [1.165, 1.54) is 19.3 Å². The topological polar surface area (TPSA) is 59.0 Å². The van der Waals surface area contributed by atoms with Crippen LogP contribution >= 0.6 is 0 Å². The van der Waals surface area contributed by atoms with Crippen LogP contribution < -0.4 is 9.47 Å². The van der Waals surface area contributed by atoms with E-state index in [9.17, 15) is 9.90 Å². The molecule has 0 radical (unpaired) electrons. The second-order valence-electron chi connectivity index (χ2n) is 5.97. The van der Waals surface area contributed by atoms with Gasteiger partial charge in [0.2, 0.25) is 0 Å². The zero-order valence-corrected chi connectivity index (χ0v) is 14.1. The predicted octanol–water partition coefficient (Wildman–Crippen LogP) is 2.51. The summed E-state index contributed by atoms with van der Waals surface area (Å²) in [4.78, 5) is 14.0. The van der Waals surface area contributed by atoms with E-state index in [4.69, 9.17) is 9.47 Å². The first-order chi connectivity index (χ1) is 11.1. The molecule has 1 saturated heterocycles. The van der Waals surface area contributed by atoms with Crippen molar-refractivity contribution in [1.29, 1.82) is 0 Å². The maximum atomic E-state index is 11.7. The zero-order valence-electron chi connectivity index (χ0n) is 14.1. The van der Waals surface area contributed by atoms with Crippen LogP contribution in [0.15, 0.2) is 18.2 Å². The van der Waals surface area contributed by atoms with Crippen molar-refractivity contribution in [3.05, 3.63) is 23.8 Å². The fraction of sp³-hybridized carbons (Fsp3) is 0.611. The van der Waals surface area contributed by atoms with E-state index in [1.54, 1.807) is 25.3 Å². The average molecular weight is 321 g/mol. The minimum absolute atomic E-state index is 0.0694. The highest BCUT2D eigenvalue weighted by molar-refractivity contribution is 5.96. The SMILES string of the molecule is CCC(=O)c1ccc(OC[C@H](O)CN2CCCCC2)c(OC)c1. The highest BCUT2D eigenvalue weighted by Gasteiger charge is 2.16. The molecule has 2 rings (SSSR count). The zero-order chi connectivity index (χ0) is 16.7. The Morgan fingerprint density at radius 3 is 2.65 bits per heavy atom. The van der Waals surface area contributed by atoms with Gasteiger partial charge in [-0.05, 0) is 44.1 Å². The van der Waals surface area contributed by atoms with E-state index in [0.717, 1.165) is 13.1 Å². The lowest BCUT2D eigenvalue weighted by atomic mass is 10.1. The third kappa shape index (κ3) is 5.22. The second kappa shape index (κ2) is 8.89. The smallest absolute Gasteiger partial charge is 0.162 e. The van der Waals surface area contributed by atoms with Crippen LogP contribution in [0.3, 0.4) is 0 Å². The Hall–Kier alpha value is -1.59. The first kappa shape index (κ1) is 17.8. The lowest BCUT2D eigenvalue weighted by Gasteiger charge is -2.28. The molecule has 0 unspecified atom stereocenters. The van der Waals surface area contributed by atoms with Crippen molar-refractivity contribution in [2.24, 2.45) is 0 Å². The van der Waals surface area contributed by atoms with Gasteiger partial charge in [-0.15, -0.1) is 0 Å². The molecule has 0 spiro atoms. The molecular formula is C18H27NO4. The minimum atomic E-state index is -0.533. The van der Waals surface area contributed by atoms with E-state index in [1.807, 2.05) is 6.92 Å². The molecule has 1 aromatic rings. The second-order valence-corrected chi connectivity index (χ2v) is 5.97. The third-order valence-corrected chi connectivity index (χ3v) is 4.16. The lowest BCUT2D eigenvalue weighted by molar-refractivity contribution is 0.0608. The molecule has 0 bridgehead atoms. The van der Waals surface area contributed by atoms with Gasteiger partial charge in [0.15, 0.2) is 17.3 Å². The minimum Gasteiger partial charge on any atom is -0.493 e. The van der Waals surface area contributed by atoms with Crippen LogP contribution in [0.5, 0.6) is 11.5 Å². The summed E-state index contributed by atoms with van der Waals surface area (Å²) in [7, 11) is 1.55. The van der Waals surface area contributed by atoms with E-state index in [2.05, 4.69) is 4.90 Å². The van der Waals surface area contributed by atoms with Gasteiger partial charge in [-0.2, -0.15) is 0 Å². The Morgan fingerprint density at radius 1 is 1.26 bits per heavy atom. The lowest BCUT2D eigenvalue weighted by Crippen LogP contribution is -2.38. The van der Waals surface area contributed by atoms with Crippen LogP contribution in [0.2, 0.25) is 0 Å². The van der Waals surface area contributed by atoms with Gasteiger partial charge in [0.05, 0.1) is 7.11 Å². The Balaban J connectivity index is 1.90. The number of likely N-dealkylation sites (tertiary alicyclic amines) is 1. The van der Waals surface area contributed by atoms with Crippen LogP contribution in [0.4, 0.5) is 0 Å². The fourth-order valence-corrected chi connectivity index (χ4v) is 2.84. The predicted molar refractivity (Wildman–Crippen MR) is 89.4 cm³/mol. The summed E-state index contributed by atoms with van der Waals surface area (Å²) in [6.45, 7) is 4.78. The van der Waals surface area contributed by atoms with Crippen molar-refractivity contribution in [3.63, 3.8) is 0 Å². The number of ketones is 1. The molecule has 5 nitrogen and oxygen atoms in total. The molecule has 0 saturated carbocycles. The van der Waals surface area contributed by atoms with Gasteiger partial charge >= 0.3 is 0 Å². The highest BCUT2D eigenvalue weighted by atomic mass is 16.5. The van der Waals surface area contributed by atoms with Crippen molar-refractivity contribution in [2.75, 3.05) is 33.4 Å². The average Bonchev–Trinajstić information content (AvgIpc) is 2.60. The Kier molecular flexibility index (Phi) is 6.86. The van der Waals surface area contributed by atoms with E-state index in [-0.39, 0.29) is 12.4 Å². The Morgan fingerprint density at radius 2 is 2.00 bits per heavy atom. The number of β-amino-alcohol motifs (C(OH)–C–C–N with tert-alkyl or cyclic N) is 1. The van der Waals surface area contributed by atoms with Gasteiger partial charge in [0.1, 0.15) is 12.7 Å². The summed E-state index contributed by atoms with van der Waals surface area (Å²) in [6, 6.07) is 5.16. The van der Waals surface area contributed by atoms with Crippen LogP contribution in [0.1, 0.15) is 43.0 Å². The first-order valence-electron chi connectivity index (χ1n) is 8.38. The van der Waals surface area contributed by atoms with Crippen LogP contribution in [-0.4, -0.2) is 55.2 Å². The summed E-state index contributed by atoms with van der Waals surface area (Å²) in [5.41, 5.74) is 0.616. The molecule has 1 heterocycles. The van der Waals surface area contributed by atoms with Crippen LogP contribution in [-0.2, 0) is 0 Å². The van der Waals surface area contributed by atoms with Crippen molar-refractivity contribution in [2.45, 2.75) is 38.7 Å². The number of aliphatic hydroxyl groups excluding tert-OH is 1. The molecule has 5 heteroatoms. The van der Waals surface area contributed by atoms with Crippen molar-refractivity contribution < 1.29 is 19.4 Å². The number of hydrogen-bond acceptors (Lipinski definition) is 5. The standard InChI is InChI=1S/C18H27NO4/c1-3-16(21)14-7-8-17(18(11-14)22-2)23-13-15(20)12-19-9-5-4-6-10-19/h7-8,11,15,20H,3-6,9-10,12-13H2,1-2H3/t15-/m1/s1. The van der Waals surface area contributed by atoms with E-state index >= 15 is 0 Å². The summed E-state index contributed by atoms with van der Waals surface area (Å²) in [6.07, 6.45) is 3.61. The normalized spacial score (nSPS) is 16.8. The van der Waals surface area contributed by atoms with Crippen molar-refractivity contribution in [3.8, 4) is 11.5 Å². The molecule has 0 aliphatic carbocycles. The largest absolute Gasteiger partial charge is 0.493 e. The molecule has 23 heavy (non-hydrogen) atoms. The van der Waals surface area contributed by atoms with Gasteiger partial charge in [-0.25, -0.2) is 0 Å². The number of aliphatic hydroxyl groups is 1. The Labute approximate surface area is 138 Å². The molecule has 1 fully saturated rings. The molecule has 0 amide bonds. The molecular weight excluding hydrogens is 294 g/mol. The van der Waals surface area contributed by atoms with Crippen molar-refractivity contribution in [1.82, 2.24) is 4.90 Å². The number of hydrogen-bond donors (Lipinski definition) is 1. The number of methoxy groups -OCH3 is 1.